The van der Waals surface area contributed by atoms with Gasteiger partial charge in [0, 0.05) is 11.2 Å². The minimum absolute atomic E-state index is 0.235. The van der Waals surface area contributed by atoms with E-state index in [9.17, 15) is 0 Å². The molecule has 1 aromatic carbocycles. The third kappa shape index (κ3) is 1.52. The topological polar surface area (TPSA) is 12.0 Å². The predicted octanol–water partition coefficient (Wildman–Crippen LogP) is 3.69. The molecule has 0 bridgehead atoms. The maximum atomic E-state index is 3.63. The number of fused-ring (bicyclic) bond motifs is 1. The van der Waals surface area contributed by atoms with Gasteiger partial charge in [-0.1, -0.05) is 25.1 Å². The van der Waals surface area contributed by atoms with E-state index in [4.69, 9.17) is 0 Å². The minimum atomic E-state index is 0.235. The van der Waals surface area contributed by atoms with E-state index in [0.717, 1.165) is 0 Å². The molecule has 1 heteroatoms. The van der Waals surface area contributed by atoms with Crippen LogP contribution in [0.5, 0.6) is 0 Å². The molecule has 76 valence electrons. The highest BCUT2D eigenvalue weighted by molar-refractivity contribution is 5.61. The number of benzene rings is 1. The summed E-state index contributed by atoms with van der Waals surface area (Å²) in [5, 5.41) is 3.63. The van der Waals surface area contributed by atoms with Gasteiger partial charge >= 0.3 is 0 Å². The van der Waals surface area contributed by atoms with Gasteiger partial charge in [0.25, 0.3) is 0 Å². The van der Waals surface area contributed by atoms with Crippen molar-refractivity contribution in [2.45, 2.75) is 45.6 Å². The second-order valence-corrected chi connectivity index (χ2v) is 5.15. The first kappa shape index (κ1) is 9.57. The minimum Gasteiger partial charge on any atom is -0.380 e. The van der Waals surface area contributed by atoms with Crippen LogP contribution in [0.3, 0.4) is 0 Å². The van der Waals surface area contributed by atoms with Crippen molar-refractivity contribution in [3.63, 3.8) is 0 Å². The molecule has 1 aliphatic rings. The molecule has 0 fully saturated rings. The molecule has 0 spiro atoms. The Bertz CT molecular complexity index is 352. The summed E-state index contributed by atoms with van der Waals surface area (Å²) in [7, 11) is 0. The molecule has 1 aliphatic heterocycles. The Balaban J connectivity index is 2.51. The van der Waals surface area contributed by atoms with Crippen LogP contribution in [0.25, 0.3) is 0 Å². The predicted molar refractivity (Wildman–Crippen MR) is 61.9 cm³/mol. The lowest BCUT2D eigenvalue weighted by molar-refractivity contribution is 0.453. The van der Waals surface area contributed by atoms with Crippen LogP contribution < -0.4 is 5.32 Å². The van der Waals surface area contributed by atoms with Gasteiger partial charge < -0.3 is 5.32 Å². The van der Waals surface area contributed by atoms with E-state index < -0.39 is 0 Å². The van der Waals surface area contributed by atoms with E-state index in [1.807, 2.05) is 0 Å². The second-order valence-electron chi connectivity index (χ2n) is 5.15. The summed E-state index contributed by atoms with van der Waals surface area (Å²) in [6.45, 7) is 9.05. The van der Waals surface area contributed by atoms with E-state index in [2.05, 4.69) is 51.2 Å². The quantitative estimate of drug-likeness (QED) is 0.656. The van der Waals surface area contributed by atoms with E-state index in [-0.39, 0.29) is 5.54 Å². The number of anilines is 1. The lowest BCUT2D eigenvalue weighted by Gasteiger charge is -2.38. The zero-order chi connectivity index (χ0) is 10.3. The number of rotatable bonds is 0. The summed E-state index contributed by atoms with van der Waals surface area (Å²) in [5.74, 6) is 0.668. The molecular weight excluding hydrogens is 170 g/mol. The van der Waals surface area contributed by atoms with Crippen molar-refractivity contribution in [1.82, 2.24) is 0 Å². The van der Waals surface area contributed by atoms with Gasteiger partial charge in [0.05, 0.1) is 0 Å². The Labute approximate surface area is 86.5 Å². The van der Waals surface area contributed by atoms with Crippen LogP contribution in [0.1, 0.15) is 44.2 Å². The first-order valence-electron chi connectivity index (χ1n) is 5.37. The molecule has 0 saturated carbocycles. The van der Waals surface area contributed by atoms with Gasteiger partial charge in [-0.2, -0.15) is 0 Å². The summed E-state index contributed by atoms with van der Waals surface area (Å²) < 4.78 is 0. The fraction of sp³-hybridized carbons (Fsp3) is 0.538. The smallest absolute Gasteiger partial charge is 0.0409 e. The van der Waals surface area contributed by atoms with Crippen molar-refractivity contribution in [3.05, 3.63) is 29.3 Å². The molecule has 1 atom stereocenters. The number of aryl methyl sites for hydroxylation is 1. The third-order valence-corrected chi connectivity index (χ3v) is 3.12. The zero-order valence-electron chi connectivity index (χ0n) is 9.52. The molecule has 0 radical (unpaired) electrons. The van der Waals surface area contributed by atoms with Crippen LogP contribution in [0.2, 0.25) is 0 Å². The van der Waals surface area contributed by atoms with E-state index in [1.54, 1.807) is 0 Å². The molecule has 14 heavy (non-hydrogen) atoms. The van der Waals surface area contributed by atoms with Crippen molar-refractivity contribution in [2.75, 3.05) is 5.32 Å². The summed E-state index contributed by atoms with van der Waals surface area (Å²) in [6, 6.07) is 6.58. The highest BCUT2D eigenvalue weighted by Crippen LogP contribution is 2.39. The second kappa shape index (κ2) is 3.01. The molecule has 0 amide bonds. The lowest BCUT2D eigenvalue weighted by Crippen LogP contribution is -2.36. The van der Waals surface area contributed by atoms with Gasteiger partial charge in [0.15, 0.2) is 0 Å². The van der Waals surface area contributed by atoms with Crippen LogP contribution in [0.4, 0.5) is 5.69 Å². The molecule has 0 unspecified atom stereocenters. The van der Waals surface area contributed by atoms with Gasteiger partial charge in [-0.15, -0.1) is 0 Å². The Hall–Kier alpha value is -0.980. The Morgan fingerprint density at radius 3 is 2.79 bits per heavy atom. The van der Waals surface area contributed by atoms with Crippen molar-refractivity contribution in [3.8, 4) is 0 Å². The van der Waals surface area contributed by atoms with Crippen molar-refractivity contribution in [1.29, 1.82) is 0 Å². The van der Waals surface area contributed by atoms with Crippen LogP contribution in [-0.4, -0.2) is 5.54 Å². The average molecular weight is 189 g/mol. The molecule has 0 saturated heterocycles. The fourth-order valence-corrected chi connectivity index (χ4v) is 2.54. The van der Waals surface area contributed by atoms with Crippen LogP contribution in [0.15, 0.2) is 18.2 Å². The SMILES string of the molecule is Cc1cccc2c1NC(C)(C)C[C@H]2C. The Morgan fingerprint density at radius 1 is 1.36 bits per heavy atom. The first-order chi connectivity index (χ1) is 6.49. The maximum Gasteiger partial charge on any atom is 0.0409 e. The van der Waals surface area contributed by atoms with Crippen LogP contribution in [0, 0.1) is 6.92 Å². The highest BCUT2D eigenvalue weighted by Gasteiger charge is 2.29. The molecule has 1 heterocycles. The fourth-order valence-electron chi connectivity index (χ4n) is 2.54. The monoisotopic (exact) mass is 189 g/mol. The van der Waals surface area contributed by atoms with E-state index in [0.29, 0.717) is 5.92 Å². The average Bonchev–Trinajstić information content (AvgIpc) is 2.05. The van der Waals surface area contributed by atoms with Gasteiger partial charge in [-0.05, 0) is 44.2 Å². The van der Waals surface area contributed by atoms with Gasteiger partial charge in [-0.25, -0.2) is 0 Å². The van der Waals surface area contributed by atoms with Crippen LogP contribution in [-0.2, 0) is 0 Å². The molecular formula is C13H19N. The summed E-state index contributed by atoms with van der Waals surface area (Å²) in [4.78, 5) is 0. The number of para-hydroxylation sites is 1. The largest absolute Gasteiger partial charge is 0.380 e. The summed E-state index contributed by atoms with van der Waals surface area (Å²) >= 11 is 0. The van der Waals surface area contributed by atoms with E-state index >= 15 is 0 Å². The molecule has 0 aromatic heterocycles. The maximum absolute atomic E-state index is 3.63. The molecule has 1 aromatic rings. The molecule has 1 nitrogen and oxygen atoms in total. The van der Waals surface area contributed by atoms with Gasteiger partial charge in [0.1, 0.15) is 0 Å². The first-order valence-corrected chi connectivity index (χ1v) is 5.37. The Kier molecular flexibility index (Phi) is 2.06. The number of hydrogen-bond acceptors (Lipinski definition) is 1. The number of hydrogen-bond donors (Lipinski definition) is 1. The van der Waals surface area contributed by atoms with Crippen molar-refractivity contribution < 1.29 is 0 Å². The summed E-state index contributed by atoms with van der Waals surface area (Å²) in [5.41, 5.74) is 4.43. The van der Waals surface area contributed by atoms with Crippen LogP contribution >= 0.6 is 0 Å². The Morgan fingerprint density at radius 2 is 2.07 bits per heavy atom. The number of nitrogens with one attached hydrogen (secondary N) is 1. The van der Waals surface area contributed by atoms with E-state index in [1.165, 1.54) is 23.2 Å². The molecule has 0 aliphatic carbocycles. The highest BCUT2D eigenvalue weighted by atomic mass is 15.0. The summed E-state index contributed by atoms with van der Waals surface area (Å²) in [6.07, 6.45) is 1.21. The van der Waals surface area contributed by atoms with Crippen molar-refractivity contribution >= 4 is 5.69 Å². The third-order valence-electron chi connectivity index (χ3n) is 3.12. The van der Waals surface area contributed by atoms with Gasteiger partial charge in [-0.3, -0.25) is 0 Å². The zero-order valence-corrected chi connectivity index (χ0v) is 9.52. The standard InChI is InChI=1S/C13H19N/c1-9-6-5-7-11-10(2)8-13(3,4)14-12(9)11/h5-7,10,14H,8H2,1-4H3/t10-/m1/s1. The van der Waals surface area contributed by atoms with Crippen molar-refractivity contribution in [2.24, 2.45) is 0 Å². The molecule has 1 N–H and O–H groups in total. The normalized spacial score (nSPS) is 23.9. The van der Waals surface area contributed by atoms with Gasteiger partial charge in [0.2, 0.25) is 0 Å². The molecule has 2 rings (SSSR count). The lowest BCUT2D eigenvalue weighted by atomic mass is 9.81.